The minimum atomic E-state index is -4.47. The van der Waals surface area contributed by atoms with Gasteiger partial charge in [0.1, 0.15) is 20.2 Å². The molecule has 53 heavy (non-hydrogen) atoms. The van der Waals surface area contributed by atoms with E-state index in [9.17, 15) is 25.9 Å². The van der Waals surface area contributed by atoms with E-state index in [1.165, 1.54) is 100 Å². The zero-order chi connectivity index (χ0) is 38.0. The summed E-state index contributed by atoms with van der Waals surface area (Å²) in [5.41, 5.74) is 4.65. The van der Waals surface area contributed by atoms with E-state index in [2.05, 4.69) is 39.8 Å². The molecule has 0 aromatic heterocycles. The van der Waals surface area contributed by atoms with Crippen LogP contribution in [0, 0.1) is 0 Å². The van der Waals surface area contributed by atoms with Crippen LogP contribution in [0.4, 0.5) is 0 Å². The smallest absolute Gasteiger partial charge is 0.744 e. The van der Waals surface area contributed by atoms with Gasteiger partial charge >= 0.3 is 48.9 Å². The van der Waals surface area contributed by atoms with Crippen molar-refractivity contribution in [3.05, 3.63) is 82.9 Å². The number of aryl methyl sites for hydroxylation is 4. The molecule has 0 amide bonds. The van der Waals surface area contributed by atoms with Crippen molar-refractivity contribution in [1.82, 2.24) is 0 Å². The normalized spacial score (nSPS) is 11.7. The van der Waals surface area contributed by atoms with E-state index in [-0.39, 0.29) is 58.7 Å². The summed E-state index contributed by atoms with van der Waals surface area (Å²) < 4.78 is 70.3. The molecule has 0 fully saturated rings. The van der Waals surface area contributed by atoms with E-state index in [0.29, 0.717) is 10.8 Å². The first-order valence-electron chi connectivity index (χ1n) is 19.9. The van der Waals surface area contributed by atoms with Crippen LogP contribution in [0.2, 0.25) is 0 Å². The Morgan fingerprint density at radius 1 is 0.415 bits per heavy atom. The van der Waals surface area contributed by atoms with E-state index >= 15 is 0 Å². The van der Waals surface area contributed by atoms with Crippen molar-refractivity contribution in [3.63, 3.8) is 0 Å². The van der Waals surface area contributed by atoms with E-state index < -0.39 is 20.2 Å². The zero-order valence-corrected chi connectivity index (χ0v) is 39.0. The molecule has 0 saturated heterocycles. The summed E-state index contributed by atoms with van der Waals surface area (Å²) in [6.07, 6.45) is 22.5. The molecule has 4 rings (SSSR count). The molecule has 9 heteroatoms. The van der Waals surface area contributed by atoms with Gasteiger partial charge in [-0.3, -0.25) is 0 Å². The maximum Gasteiger partial charge on any atom is 2.00 e. The summed E-state index contributed by atoms with van der Waals surface area (Å²) in [6.45, 7) is 8.76. The SMILES string of the molecule is CCCCCCc1cc(CCCCCC)c2cccc(S(=O)(=O)[O-])c2c1.CCCCCCc1cc(CCCCCC)c2cccc(S(=O)(=O)[O-])c2c1.[Ba+2]. The first-order valence-corrected chi connectivity index (χ1v) is 22.8. The van der Waals surface area contributed by atoms with Crippen molar-refractivity contribution in [3.8, 4) is 0 Å². The number of benzene rings is 4. The van der Waals surface area contributed by atoms with Crippen molar-refractivity contribution in [2.75, 3.05) is 0 Å². The van der Waals surface area contributed by atoms with Gasteiger partial charge in [-0.25, -0.2) is 16.8 Å². The second-order valence-electron chi connectivity index (χ2n) is 14.4. The molecule has 0 aliphatic carbocycles. The van der Waals surface area contributed by atoms with Gasteiger partial charge in [-0.05, 0) is 119 Å². The van der Waals surface area contributed by atoms with Gasteiger partial charge in [-0.15, -0.1) is 0 Å². The van der Waals surface area contributed by atoms with Gasteiger partial charge in [0.05, 0.1) is 9.79 Å². The number of fused-ring (bicyclic) bond motifs is 2. The second kappa shape index (κ2) is 25.1. The molecule has 0 aliphatic heterocycles. The molecular weight excluding hydrogens is 826 g/mol. The van der Waals surface area contributed by atoms with Crippen LogP contribution in [0.5, 0.6) is 0 Å². The Bertz CT molecular complexity index is 1770. The van der Waals surface area contributed by atoms with Gasteiger partial charge in [0.15, 0.2) is 0 Å². The summed E-state index contributed by atoms with van der Waals surface area (Å²) in [5.74, 6) is 0. The van der Waals surface area contributed by atoms with Crippen molar-refractivity contribution in [2.45, 2.75) is 166 Å². The Hall–Kier alpha value is -1.21. The van der Waals surface area contributed by atoms with Crippen LogP contribution in [-0.2, 0) is 45.9 Å². The van der Waals surface area contributed by atoms with Gasteiger partial charge in [-0.1, -0.05) is 141 Å². The molecule has 0 heterocycles. The topological polar surface area (TPSA) is 114 Å². The maximum atomic E-state index is 11.7. The maximum absolute atomic E-state index is 11.7. The molecule has 4 aromatic rings. The molecule has 0 atom stereocenters. The number of unbranched alkanes of at least 4 members (excludes halogenated alkanes) is 12. The van der Waals surface area contributed by atoms with E-state index in [0.717, 1.165) is 73.3 Å². The van der Waals surface area contributed by atoms with Crippen LogP contribution in [-0.4, -0.2) is 74.8 Å². The minimum Gasteiger partial charge on any atom is -0.744 e. The molecule has 0 unspecified atom stereocenters. The molecule has 4 aromatic carbocycles. The number of hydrogen-bond acceptors (Lipinski definition) is 6. The molecule has 0 N–H and O–H groups in total. The fraction of sp³-hybridized carbons (Fsp3) is 0.545. The van der Waals surface area contributed by atoms with Crippen LogP contribution < -0.4 is 0 Å². The first kappa shape index (κ1) is 47.9. The molecule has 0 radical (unpaired) electrons. The molecule has 0 saturated carbocycles. The van der Waals surface area contributed by atoms with Gasteiger partial charge < -0.3 is 9.11 Å². The monoisotopic (exact) mass is 888 g/mol. The van der Waals surface area contributed by atoms with Crippen molar-refractivity contribution >= 4 is 90.7 Å². The van der Waals surface area contributed by atoms with Gasteiger partial charge in [-0.2, -0.15) is 0 Å². The summed E-state index contributed by atoms with van der Waals surface area (Å²) in [6, 6.07) is 18.4. The Kier molecular flexibility index (Phi) is 22.7. The quantitative estimate of drug-likeness (QED) is 0.0441. The third-order valence-corrected chi connectivity index (χ3v) is 11.8. The van der Waals surface area contributed by atoms with Crippen LogP contribution in [0.3, 0.4) is 0 Å². The largest absolute Gasteiger partial charge is 2.00 e. The predicted molar refractivity (Wildman–Crippen MR) is 221 cm³/mol. The van der Waals surface area contributed by atoms with E-state index in [1.54, 1.807) is 12.1 Å². The van der Waals surface area contributed by atoms with Crippen LogP contribution in [0.1, 0.15) is 153 Å². The fourth-order valence-electron chi connectivity index (χ4n) is 7.14. The molecule has 0 bridgehead atoms. The third-order valence-electron chi connectivity index (χ3n) is 9.98. The summed E-state index contributed by atoms with van der Waals surface area (Å²) in [7, 11) is -8.94. The zero-order valence-electron chi connectivity index (χ0n) is 32.9. The standard InChI is InChI=1S/2C22H32O3S.Ba/c2*1-3-5-7-9-12-18-16-19(13-10-8-6-4-2)20-14-11-15-22(21(20)17-18)26(23,24)25;/h2*11,14-17H,3-10,12-13H2,1-2H3,(H,23,24,25);/q;;+2/p-2. The van der Waals surface area contributed by atoms with Crippen LogP contribution in [0.25, 0.3) is 21.5 Å². The van der Waals surface area contributed by atoms with Crippen LogP contribution >= 0.6 is 0 Å². The Morgan fingerprint density at radius 2 is 0.736 bits per heavy atom. The van der Waals surface area contributed by atoms with Crippen molar-refractivity contribution in [1.29, 1.82) is 0 Å². The van der Waals surface area contributed by atoms with Crippen LogP contribution in [0.15, 0.2) is 70.5 Å². The average molecular weight is 888 g/mol. The fourth-order valence-corrected chi connectivity index (χ4v) is 8.50. The summed E-state index contributed by atoms with van der Waals surface area (Å²) in [5, 5.41) is 3.02. The molecular formula is C44H62BaO6S2. The van der Waals surface area contributed by atoms with E-state index in [4.69, 9.17) is 0 Å². The summed E-state index contributed by atoms with van der Waals surface area (Å²) >= 11 is 0. The van der Waals surface area contributed by atoms with Gasteiger partial charge in [0, 0.05) is 0 Å². The minimum absolute atomic E-state index is 0. The summed E-state index contributed by atoms with van der Waals surface area (Å²) in [4.78, 5) is -0.166. The average Bonchev–Trinajstić information content (AvgIpc) is 3.11. The molecule has 6 nitrogen and oxygen atoms in total. The van der Waals surface area contributed by atoms with Gasteiger partial charge in [0.25, 0.3) is 0 Å². The van der Waals surface area contributed by atoms with Crippen molar-refractivity contribution < 1.29 is 25.9 Å². The Balaban J connectivity index is 0.000000360. The van der Waals surface area contributed by atoms with Gasteiger partial charge in [0.2, 0.25) is 0 Å². The third kappa shape index (κ3) is 16.1. The molecule has 288 valence electrons. The number of rotatable bonds is 22. The Labute approximate surface area is 361 Å². The molecule has 0 spiro atoms. The second-order valence-corrected chi connectivity index (χ2v) is 17.1. The Morgan fingerprint density at radius 3 is 1.04 bits per heavy atom. The predicted octanol–water partition coefficient (Wildman–Crippen LogP) is 11.6. The van der Waals surface area contributed by atoms with Crippen molar-refractivity contribution in [2.24, 2.45) is 0 Å². The molecule has 0 aliphatic rings. The number of hydrogen-bond donors (Lipinski definition) is 0. The van der Waals surface area contributed by atoms with E-state index in [1.807, 2.05) is 24.3 Å². The first-order chi connectivity index (χ1) is 24.9.